The van der Waals surface area contributed by atoms with E-state index >= 15 is 0 Å². The third-order valence-corrected chi connectivity index (χ3v) is 5.33. The highest BCUT2D eigenvalue weighted by Gasteiger charge is 2.31. The van der Waals surface area contributed by atoms with Gasteiger partial charge in [0.2, 0.25) is 0 Å². The van der Waals surface area contributed by atoms with Gasteiger partial charge < -0.3 is 9.80 Å². The molecule has 3 rings (SSSR count). The molecule has 152 valence electrons. The van der Waals surface area contributed by atoms with Crippen molar-refractivity contribution in [3.8, 4) is 5.82 Å². The molecule has 0 aliphatic carbocycles. The van der Waals surface area contributed by atoms with Crippen LogP contribution in [-0.4, -0.2) is 53.4 Å². The average molecular weight is 416 g/mol. The van der Waals surface area contributed by atoms with E-state index in [0.29, 0.717) is 17.8 Å². The topological polar surface area (TPSA) is 54.3 Å². The van der Waals surface area contributed by atoms with Crippen molar-refractivity contribution < 1.29 is 13.2 Å². The second-order valence-corrected chi connectivity index (χ2v) is 7.47. The lowest BCUT2D eigenvalue weighted by molar-refractivity contribution is -0.137. The fourth-order valence-electron chi connectivity index (χ4n) is 3.26. The molecule has 0 radical (unpaired) electrons. The fourth-order valence-corrected chi connectivity index (χ4v) is 3.54. The Morgan fingerprint density at radius 2 is 1.93 bits per heavy atom. The largest absolute Gasteiger partial charge is 0.417 e. The maximum absolute atomic E-state index is 12.7. The predicted molar refractivity (Wildman–Crippen MR) is 101 cm³/mol. The molecule has 3 heterocycles. The van der Waals surface area contributed by atoms with E-state index in [1.807, 2.05) is 11.9 Å². The molecule has 0 N–H and O–H groups in total. The van der Waals surface area contributed by atoms with Gasteiger partial charge in [-0.25, -0.2) is 4.98 Å². The molecular weight excluding hydrogens is 395 g/mol. The minimum absolute atomic E-state index is 0.0237. The molecule has 1 fully saturated rings. The third kappa shape index (κ3) is 4.47. The van der Waals surface area contributed by atoms with Gasteiger partial charge in [-0.1, -0.05) is 11.6 Å². The van der Waals surface area contributed by atoms with Crippen LogP contribution in [0.4, 0.5) is 18.9 Å². The Hall–Kier alpha value is -2.13. The van der Waals surface area contributed by atoms with E-state index in [2.05, 4.69) is 22.0 Å². The number of hydrogen-bond donors (Lipinski definition) is 0. The van der Waals surface area contributed by atoms with Gasteiger partial charge in [-0.15, -0.1) is 0 Å². The number of hydrogen-bond acceptors (Lipinski definition) is 5. The molecule has 2 aromatic heterocycles. The van der Waals surface area contributed by atoms with Crippen LogP contribution in [0.2, 0.25) is 5.02 Å². The summed E-state index contributed by atoms with van der Waals surface area (Å²) in [6.07, 6.45) is -0.256. The standard InChI is InChI=1S/C18H21ClF3N5O/c1-25-7-5-12(6-8-25)11-26(2)14-10-24-27(17(28)16(14)19)15-4-3-13(9-23-15)18(20,21)22/h3-4,9-10,12H,5-8,11H2,1-2H3. The number of alkyl halides is 3. The zero-order valence-corrected chi connectivity index (χ0v) is 16.3. The molecule has 1 aliphatic heterocycles. The molecule has 0 saturated carbocycles. The Morgan fingerprint density at radius 3 is 2.50 bits per heavy atom. The van der Waals surface area contributed by atoms with Crippen molar-refractivity contribution in [1.29, 1.82) is 0 Å². The maximum Gasteiger partial charge on any atom is 0.417 e. The number of nitrogens with zero attached hydrogens (tertiary/aromatic N) is 5. The quantitative estimate of drug-likeness (QED) is 0.768. The van der Waals surface area contributed by atoms with Crippen LogP contribution in [0, 0.1) is 5.92 Å². The van der Waals surface area contributed by atoms with E-state index in [1.54, 1.807) is 0 Å². The Kier molecular flexibility index (Phi) is 5.95. The SMILES string of the molecule is CN1CCC(CN(C)c2cnn(-c3ccc(C(F)(F)F)cn3)c(=O)c2Cl)CC1. The van der Waals surface area contributed by atoms with E-state index < -0.39 is 17.3 Å². The Balaban J connectivity index is 1.80. The molecule has 28 heavy (non-hydrogen) atoms. The van der Waals surface area contributed by atoms with E-state index in [-0.39, 0.29) is 10.8 Å². The fraction of sp³-hybridized carbons (Fsp3) is 0.500. The van der Waals surface area contributed by atoms with Crippen molar-refractivity contribution in [2.45, 2.75) is 19.0 Å². The lowest BCUT2D eigenvalue weighted by Crippen LogP contribution is -2.36. The highest BCUT2D eigenvalue weighted by atomic mass is 35.5. The third-order valence-electron chi connectivity index (χ3n) is 4.97. The van der Waals surface area contributed by atoms with Gasteiger partial charge in [0.1, 0.15) is 5.02 Å². The molecule has 1 saturated heterocycles. The lowest BCUT2D eigenvalue weighted by atomic mass is 9.96. The summed E-state index contributed by atoms with van der Waals surface area (Å²) in [5.74, 6) is 0.473. The first-order valence-corrected chi connectivity index (χ1v) is 9.25. The molecule has 0 unspecified atom stereocenters. The van der Waals surface area contributed by atoms with Gasteiger partial charge in [0, 0.05) is 19.8 Å². The summed E-state index contributed by atoms with van der Waals surface area (Å²) < 4.78 is 38.9. The van der Waals surface area contributed by atoms with Crippen molar-refractivity contribution >= 4 is 17.3 Å². The van der Waals surface area contributed by atoms with Crippen molar-refractivity contribution in [1.82, 2.24) is 19.7 Å². The molecule has 10 heteroatoms. The lowest BCUT2D eigenvalue weighted by Gasteiger charge is -2.32. The molecule has 1 aliphatic rings. The summed E-state index contributed by atoms with van der Waals surface area (Å²) in [4.78, 5) is 20.5. The van der Waals surface area contributed by atoms with Crippen molar-refractivity contribution in [2.75, 3.05) is 38.6 Å². The zero-order valence-electron chi connectivity index (χ0n) is 15.6. The molecule has 2 aromatic rings. The van der Waals surface area contributed by atoms with Gasteiger partial charge in [0.15, 0.2) is 5.82 Å². The van der Waals surface area contributed by atoms with E-state index in [9.17, 15) is 18.0 Å². The van der Waals surface area contributed by atoms with Crippen LogP contribution in [0.3, 0.4) is 0 Å². The number of aromatic nitrogens is 3. The Bertz CT molecular complexity index is 876. The van der Waals surface area contributed by atoms with Crippen LogP contribution in [0.25, 0.3) is 5.82 Å². The van der Waals surface area contributed by atoms with Crippen molar-refractivity contribution in [2.24, 2.45) is 5.92 Å². The average Bonchev–Trinajstić information content (AvgIpc) is 2.65. The molecular formula is C18H21ClF3N5O. The summed E-state index contributed by atoms with van der Waals surface area (Å²) in [6, 6.07) is 1.94. The second-order valence-electron chi connectivity index (χ2n) is 7.09. The maximum atomic E-state index is 12.7. The first-order valence-electron chi connectivity index (χ1n) is 8.88. The number of anilines is 1. The normalized spacial score (nSPS) is 16.4. The van der Waals surface area contributed by atoms with E-state index in [4.69, 9.17) is 11.6 Å². The summed E-state index contributed by atoms with van der Waals surface area (Å²) in [5, 5.41) is 4.02. The van der Waals surface area contributed by atoms with Gasteiger partial charge in [-0.3, -0.25) is 4.79 Å². The van der Waals surface area contributed by atoms with E-state index in [1.165, 1.54) is 6.20 Å². The Labute approximate surface area is 165 Å². The number of likely N-dealkylation sites (tertiary alicyclic amines) is 1. The number of halogens is 4. The first-order chi connectivity index (χ1) is 13.2. The van der Waals surface area contributed by atoms with Crippen LogP contribution < -0.4 is 10.5 Å². The highest BCUT2D eigenvalue weighted by Crippen LogP contribution is 2.29. The van der Waals surface area contributed by atoms with Crippen molar-refractivity contribution in [3.05, 3.63) is 45.5 Å². The number of piperidine rings is 1. The molecule has 0 amide bonds. The van der Waals surface area contributed by atoms with Crippen molar-refractivity contribution in [3.63, 3.8) is 0 Å². The number of pyridine rings is 1. The van der Waals surface area contributed by atoms with Gasteiger partial charge >= 0.3 is 6.18 Å². The summed E-state index contributed by atoms with van der Waals surface area (Å²) in [7, 11) is 3.94. The second kappa shape index (κ2) is 8.08. The minimum atomic E-state index is -4.50. The van der Waals surface area contributed by atoms with Gasteiger partial charge in [-0.05, 0) is 51.0 Å². The summed E-state index contributed by atoms with van der Waals surface area (Å²) in [5.41, 5.74) is -1.03. The van der Waals surface area contributed by atoms with Crippen LogP contribution in [0.15, 0.2) is 29.3 Å². The van der Waals surface area contributed by atoms with Gasteiger partial charge in [0.05, 0.1) is 17.4 Å². The van der Waals surface area contributed by atoms with Crippen LogP contribution in [0.5, 0.6) is 0 Å². The monoisotopic (exact) mass is 415 g/mol. The van der Waals surface area contributed by atoms with Crippen LogP contribution in [-0.2, 0) is 6.18 Å². The molecule has 0 atom stereocenters. The smallest absolute Gasteiger partial charge is 0.372 e. The molecule has 0 bridgehead atoms. The van der Waals surface area contributed by atoms with Crippen LogP contribution >= 0.6 is 11.6 Å². The van der Waals surface area contributed by atoms with Gasteiger partial charge in [0.25, 0.3) is 5.56 Å². The molecule has 0 aromatic carbocycles. The Morgan fingerprint density at radius 1 is 1.25 bits per heavy atom. The van der Waals surface area contributed by atoms with Gasteiger partial charge in [-0.2, -0.15) is 23.0 Å². The van der Waals surface area contributed by atoms with E-state index in [0.717, 1.165) is 49.3 Å². The number of rotatable bonds is 4. The highest BCUT2D eigenvalue weighted by molar-refractivity contribution is 6.33. The zero-order chi connectivity index (χ0) is 20.5. The summed E-state index contributed by atoms with van der Waals surface area (Å²) >= 11 is 6.26. The first kappa shape index (κ1) is 20.6. The molecule has 6 nitrogen and oxygen atoms in total. The van der Waals surface area contributed by atoms with Crippen LogP contribution in [0.1, 0.15) is 18.4 Å². The summed E-state index contributed by atoms with van der Waals surface area (Å²) in [6.45, 7) is 2.81. The molecule has 0 spiro atoms. The predicted octanol–water partition coefficient (Wildman–Crippen LogP) is 3.08. The minimum Gasteiger partial charge on any atom is -0.372 e.